The second-order valence-corrected chi connectivity index (χ2v) is 11.9. The number of benzene rings is 4. The standard InChI is InChI=1S/C33H34O4.2C3H8O.Ti/c1-3-31(4-2)36-29(32(34,25-17-9-5-10-18-25)26-19-11-6-12-20-26)30(37-31)33(35,27-21-13-7-14-22-27)28-23-15-8-16-24-28;2*1-3(2)4;/h5-24,29-30,34-35H,3-4H2,1-2H3;2*3-4H,1-2H3;/t29-,30-;;;/m1.../s1. The first-order valence-corrected chi connectivity index (χ1v) is 15.8. The third-order valence-corrected chi connectivity index (χ3v) is 7.71. The van der Waals surface area contributed by atoms with Gasteiger partial charge < -0.3 is 29.9 Å². The summed E-state index contributed by atoms with van der Waals surface area (Å²) in [5.41, 5.74) is -0.511. The van der Waals surface area contributed by atoms with E-state index in [1.54, 1.807) is 27.7 Å². The third-order valence-electron chi connectivity index (χ3n) is 7.71. The Morgan fingerprint density at radius 3 is 0.891 bits per heavy atom. The second-order valence-electron chi connectivity index (χ2n) is 11.9. The van der Waals surface area contributed by atoms with E-state index in [1.165, 1.54) is 0 Å². The van der Waals surface area contributed by atoms with Crippen molar-refractivity contribution in [3.8, 4) is 0 Å². The Hall–Kier alpha value is -2.65. The first kappa shape index (κ1) is 39.5. The van der Waals surface area contributed by atoms with Crippen molar-refractivity contribution in [1.82, 2.24) is 0 Å². The molecule has 0 saturated carbocycles. The number of hydrogen-bond acceptors (Lipinski definition) is 6. The molecule has 1 saturated heterocycles. The van der Waals surface area contributed by atoms with Crippen molar-refractivity contribution in [2.45, 2.75) is 95.8 Å². The van der Waals surface area contributed by atoms with Crippen molar-refractivity contribution in [3.63, 3.8) is 0 Å². The van der Waals surface area contributed by atoms with Crippen LogP contribution in [0.5, 0.6) is 0 Å². The topological polar surface area (TPSA) is 99.4 Å². The molecule has 0 unspecified atom stereocenters. The normalized spacial score (nSPS) is 17.3. The molecule has 0 bridgehead atoms. The number of aliphatic hydroxyl groups excluding tert-OH is 2. The van der Waals surface area contributed by atoms with Crippen molar-refractivity contribution in [2.24, 2.45) is 0 Å². The van der Waals surface area contributed by atoms with Crippen LogP contribution >= 0.6 is 0 Å². The molecular weight excluding hydrogens is 612 g/mol. The Labute approximate surface area is 289 Å². The molecule has 0 aliphatic carbocycles. The van der Waals surface area contributed by atoms with E-state index in [2.05, 4.69) is 0 Å². The summed E-state index contributed by atoms with van der Waals surface area (Å²) in [6.45, 7) is 10.9. The molecule has 0 spiro atoms. The van der Waals surface area contributed by atoms with Gasteiger partial charge in [-0.2, -0.15) is 0 Å². The molecule has 46 heavy (non-hydrogen) atoms. The van der Waals surface area contributed by atoms with Crippen LogP contribution in [0.2, 0.25) is 0 Å². The summed E-state index contributed by atoms with van der Waals surface area (Å²) in [5, 5.41) is 41.7. The minimum atomic E-state index is -1.60. The molecule has 2 atom stereocenters. The Morgan fingerprint density at radius 2 is 0.717 bits per heavy atom. The summed E-state index contributed by atoms with van der Waals surface area (Å²) < 4.78 is 13.6. The van der Waals surface area contributed by atoms with Crippen molar-refractivity contribution < 1.29 is 51.6 Å². The minimum absolute atomic E-state index is 0. The molecule has 246 valence electrons. The van der Waals surface area contributed by atoms with Gasteiger partial charge in [0.1, 0.15) is 23.4 Å². The molecule has 1 aliphatic rings. The molecule has 5 rings (SSSR count). The average Bonchev–Trinajstić information content (AvgIpc) is 3.47. The van der Waals surface area contributed by atoms with Gasteiger partial charge in [0.2, 0.25) is 0 Å². The summed E-state index contributed by atoms with van der Waals surface area (Å²) in [4.78, 5) is 0. The summed E-state index contributed by atoms with van der Waals surface area (Å²) >= 11 is 0. The van der Waals surface area contributed by atoms with Crippen LogP contribution in [-0.4, -0.2) is 50.6 Å². The van der Waals surface area contributed by atoms with Crippen LogP contribution in [-0.2, 0) is 42.4 Å². The van der Waals surface area contributed by atoms with Gasteiger partial charge in [-0.25, -0.2) is 0 Å². The molecule has 1 fully saturated rings. The zero-order valence-corrected chi connectivity index (χ0v) is 29.4. The van der Waals surface area contributed by atoms with Crippen LogP contribution in [0.4, 0.5) is 0 Å². The summed E-state index contributed by atoms with van der Waals surface area (Å²) in [5.74, 6) is -0.968. The van der Waals surface area contributed by atoms with Gasteiger partial charge in [-0.15, -0.1) is 0 Å². The smallest absolute Gasteiger partial charge is 0.169 e. The fourth-order valence-electron chi connectivity index (χ4n) is 5.57. The molecule has 6 nitrogen and oxygen atoms in total. The monoisotopic (exact) mass is 662 g/mol. The summed E-state index contributed by atoms with van der Waals surface area (Å²) in [7, 11) is 0. The van der Waals surface area contributed by atoms with Crippen LogP contribution in [0.15, 0.2) is 121 Å². The van der Waals surface area contributed by atoms with Gasteiger partial charge in [-0.05, 0) is 62.8 Å². The van der Waals surface area contributed by atoms with Gasteiger partial charge in [0.15, 0.2) is 5.79 Å². The van der Waals surface area contributed by atoms with E-state index in [1.807, 2.05) is 135 Å². The average molecular weight is 663 g/mol. The Bertz CT molecular complexity index is 1190. The Balaban J connectivity index is 0.000000736. The van der Waals surface area contributed by atoms with Crippen LogP contribution in [0.25, 0.3) is 0 Å². The van der Waals surface area contributed by atoms with Gasteiger partial charge in [-0.3, -0.25) is 0 Å². The minimum Gasteiger partial charge on any atom is -0.394 e. The molecule has 1 aliphatic heterocycles. The van der Waals surface area contributed by atoms with Crippen molar-refractivity contribution in [2.75, 3.05) is 0 Å². The fraction of sp³-hybridized carbons (Fsp3) is 0.385. The van der Waals surface area contributed by atoms with Gasteiger partial charge in [0.25, 0.3) is 0 Å². The summed E-state index contributed by atoms with van der Waals surface area (Å²) in [6, 6.07) is 38.1. The van der Waals surface area contributed by atoms with E-state index in [9.17, 15) is 10.2 Å². The Kier molecular flexibility index (Phi) is 15.5. The number of rotatable bonds is 8. The molecule has 4 N–H and O–H groups in total. The van der Waals surface area contributed by atoms with Crippen molar-refractivity contribution >= 4 is 0 Å². The maximum absolute atomic E-state index is 12.8. The van der Waals surface area contributed by atoms with E-state index in [0.717, 1.165) is 0 Å². The maximum Gasteiger partial charge on any atom is 0.169 e. The molecule has 4 aromatic rings. The van der Waals surface area contributed by atoms with Crippen LogP contribution in [0.1, 0.15) is 76.6 Å². The van der Waals surface area contributed by atoms with Gasteiger partial charge >= 0.3 is 0 Å². The Morgan fingerprint density at radius 1 is 0.522 bits per heavy atom. The van der Waals surface area contributed by atoms with Crippen LogP contribution in [0.3, 0.4) is 0 Å². The summed E-state index contributed by atoms with van der Waals surface area (Å²) in [6.07, 6.45) is -1.06. The van der Waals surface area contributed by atoms with Crippen molar-refractivity contribution in [3.05, 3.63) is 144 Å². The van der Waals surface area contributed by atoms with Crippen LogP contribution < -0.4 is 0 Å². The van der Waals surface area contributed by atoms with Crippen molar-refractivity contribution in [1.29, 1.82) is 0 Å². The third kappa shape index (κ3) is 9.24. The van der Waals surface area contributed by atoms with E-state index in [0.29, 0.717) is 35.1 Å². The molecule has 0 aromatic heterocycles. The predicted octanol–water partition coefficient (Wildman–Crippen LogP) is 6.93. The van der Waals surface area contributed by atoms with E-state index < -0.39 is 29.2 Å². The number of aliphatic hydroxyl groups is 4. The first-order valence-electron chi connectivity index (χ1n) is 15.8. The largest absolute Gasteiger partial charge is 0.394 e. The zero-order valence-electron chi connectivity index (χ0n) is 27.9. The van der Waals surface area contributed by atoms with Gasteiger partial charge in [0.05, 0.1) is 0 Å². The SMILES string of the molecule is CC(C)O.CC(C)O.CCC1(CC)O[C@@H](C(O)(c2ccccc2)c2ccccc2)[C@H](C(O)(c2ccccc2)c2ccccc2)O1.[Ti]. The van der Waals surface area contributed by atoms with Gasteiger partial charge in [0, 0.05) is 33.9 Å². The molecule has 1 heterocycles. The predicted molar refractivity (Wildman–Crippen MR) is 180 cm³/mol. The van der Waals surface area contributed by atoms with Crippen LogP contribution in [0, 0.1) is 0 Å². The maximum atomic E-state index is 12.8. The second kappa shape index (κ2) is 18.0. The van der Waals surface area contributed by atoms with E-state index in [4.69, 9.17) is 19.7 Å². The molecule has 7 heteroatoms. The zero-order chi connectivity index (χ0) is 33.1. The first-order chi connectivity index (χ1) is 21.4. The molecular formula is C39H50O6Ti. The fourth-order valence-corrected chi connectivity index (χ4v) is 5.57. The number of hydrogen-bond donors (Lipinski definition) is 4. The molecule has 0 radical (unpaired) electrons. The van der Waals surface area contributed by atoms with Gasteiger partial charge in [-0.1, -0.05) is 135 Å². The quantitative estimate of drug-likeness (QED) is 0.153. The van der Waals surface area contributed by atoms with E-state index >= 15 is 0 Å². The molecule has 4 aromatic carbocycles. The molecule has 0 amide bonds. The number of ether oxygens (including phenoxy) is 2. The van der Waals surface area contributed by atoms with E-state index in [-0.39, 0.29) is 33.9 Å².